The van der Waals surface area contributed by atoms with Crippen LogP contribution in [0.4, 0.5) is 0 Å². The van der Waals surface area contributed by atoms with E-state index in [2.05, 4.69) is 32.9 Å². The molecule has 0 aliphatic carbocycles. The summed E-state index contributed by atoms with van der Waals surface area (Å²) in [5.41, 5.74) is 5.58. The molecule has 1 aromatic carbocycles. The van der Waals surface area contributed by atoms with E-state index in [1.54, 1.807) is 6.92 Å². The highest BCUT2D eigenvalue weighted by molar-refractivity contribution is 5.75. The molecular formula is C15H22O. The summed E-state index contributed by atoms with van der Waals surface area (Å²) < 4.78 is 0. The van der Waals surface area contributed by atoms with Gasteiger partial charge in [0.2, 0.25) is 0 Å². The molecule has 1 nitrogen and oxygen atoms in total. The van der Waals surface area contributed by atoms with Crippen molar-refractivity contribution in [2.24, 2.45) is 0 Å². The molecule has 0 aromatic heterocycles. The molecule has 0 spiro atoms. The van der Waals surface area contributed by atoms with Gasteiger partial charge in [-0.25, -0.2) is 0 Å². The van der Waals surface area contributed by atoms with Crippen LogP contribution in [0.15, 0.2) is 12.1 Å². The van der Waals surface area contributed by atoms with Crippen LogP contribution in [-0.4, -0.2) is 5.78 Å². The van der Waals surface area contributed by atoms with Crippen LogP contribution in [0.25, 0.3) is 0 Å². The minimum Gasteiger partial charge on any atom is -0.300 e. The van der Waals surface area contributed by atoms with Crippen LogP contribution < -0.4 is 0 Å². The third-order valence-electron chi connectivity index (χ3n) is 3.05. The highest BCUT2D eigenvalue weighted by atomic mass is 16.1. The van der Waals surface area contributed by atoms with Gasteiger partial charge in [0.05, 0.1) is 0 Å². The number of rotatable bonds is 5. The molecule has 0 aliphatic heterocycles. The third kappa shape index (κ3) is 3.80. The van der Waals surface area contributed by atoms with Crippen molar-refractivity contribution >= 4 is 5.78 Å². The molecule has 0 N–H and O–H groups in total. The zero-order chi connectivity index (χ0) is 12.1. The summed E-state index contributed by atoms with van der Waals surface area (Å²) in [6, 6.07) is 4.49. The maximum Gasteiger partial charge on any atom is 0.129 e. The molecule has 0 bridgehead atoms. The number of Topliss-reactive ketones (excluding diaryl/α,β-unsaturated/α-hetero) is 1. The van der Waals surface area contributed by atoms with Crippen LogP contribution in [0.2, 0.25) is 0 Å². The lowest BCUT2D eigenvalue weighted by Crippen LogP contribution is -1.97. The Morgan fingerprint density at radius 1 is 1.06 bits per heavy atom. The fourth-order valence-corrected chi connectivity index (χ4v) is 2.28. The Labute approximate surface area is 98.9 Å². The molecule has 0 heterocycles. The Bertz CT molecular complexity index is 354. The van der Waals surface area contributed by atoms with Crippen molar-refractivity contribution in [2.45, 2.75) is 53.4 Å². The minimum atomic E-state index is 0.303. The van der Waals surface area contributed by atoms with Crippen molar-refractivity contribution in [3.8, 4) is 0 Å². The lowest BCUT2D eigenvalue weighted by Gasteiger charge is -2.10. The summed E-state index contributed by atoms with van der Waals surface area (Å²) in [5, 5.41) is 0. The molecule has 0 unspecified atom stereocenters. The topological polar surface area (TPSA) is 17.1 Å². The van der Waals surface area contributed by atoms with Crippen molar-refractivity contribution in [2.75, 3.05) is 0 Å². The van der Waals surface area contributed by atoms with E-state index in [-0.39, 0.29) is 0 Å². The minimum absolute atomic E-state index is 0.303. The van der Waals surface area contributed by atoms with E-state index in [0.717, 1.165) is 25.7 Å². The first-order valence-corrected chi connectivity index (χ1v) is 6.07. The second kappa shape index (κ2) is 5.83. The fourth-order valence-electron chi connectivity index (χ4n) is 2.28. The van der Waals surface area contributed by atoms with Crippen molar-refractivity contribution in [1.29, 1.82) is 0 Å². The smallest absolute Gasteiger partial charge is 0.129 e. The Kier molecular flexibility index (Phi) is 4.72. The Hall–Kier alpha value is -1.11. The van der Waals surface area contributed by atoms with E-state index in [1.807, 2.05) is 0 Å². The number of aryl methyl sites for hydroxylation is 3. The number of unbranched alkanes of at least 4 members (excludes halogenated alkanes) is 1. The monoisotopic (exact) mass is 218 g/mol. The van der Waals surface area contributed by atoms with E-state index < -0.39 is 0 Å². The highest BCUT2D eigenvalue weighted by Crippen LogP contribution is 2.18. The first kappa shape index (κ1) is 13.0. The molecule has 16 heavy (non-hydrogen) atoms. The average Bonchev–Trinajstić information content (AvgIpc) is 2.14. The highest BCUT2D eigenvalue weighted by Gasteiger charge is 2.03. The first-order valence-electron chi connectivity index (χ1n) is 6.07. The van der Waals surface area contributed by atoms with Crippen LogP contribution in [0.3, 0.4) is 0 Å². The summed E-state index contributed by atoms with van der Waals surface area (Å²) in [5.74, 6) is 0.303. The van der Waals surface area contributed by atoms with Crippen molar-refractivity contribution in [3.63, 3.8) is 0 Å². The van der Waals surface area contributed by atoms with Gasteiger partial charge in [-0.2, -0.15) is 0 Å². The standard InChI is InChI=1S/C15H22O/c1-11-9-12(2)15(13(3)10-11)8-6-5-7-14(4)16/h9-10H,5-8H2,1-4H3. The van der Waals surface area contributed by atoms with Gasteiger partial charge in [-0.3, -0.25) is 0 Å². The molecule has 0 radical (unpaired) electrons. The molecule has 88 valence electrons. The molecule has 1 aromatic rings. The molecule has 0 fully saturated rings. The van der Waals surface area contributed by atoms with Gasteiger partial charge in [0.1, 0.15) is 5.78 Å². The number of hydrogen-bond donors (Lipinski definition) is 0. The lowest BCUT2D eigenvalue weighted by atomic mass is 9.95. The average molecular weight is 218 g/mol. The quantitative estimate of drug-likeness (QED) is 0.685. The van der Waals surface area contributed by atoms with Gasteiger partial charge in [-0.05, 0) is 63.6 Å². The van der Waals surface area contributed by atoms with E-state index in [1.165, 1.54) is 22.3 Å². The van der Waals surface area contributed by atoms with Gasteiger partial charge >= 0.3 is 0 Å². The zero-order valence-electron chi connectivity index (χ0n) is 10.9. The van der Waals surface area contributed by atoms with Gasteiger partial charge in [0.25, 0.3) is 0 Å². The van der Waals surface area contributed by atoms with Crippen LogP contribution in [0.5, 0.6) is 0 Å². The largest absolute Gasteiger partial charge is 0.300 e. The third-order valence-corrected chi connectivity index (χ3v) is 3.05. The number of carbonyl (C=O) groups is 1. The summed E-state index contributed by atoms with van der Waals surface area (Å²) in [6.45, 7) is 8.17. The maximum atomic E-state index is 10.8. The van der Waals surface area contributed by atoms with Crippen LogP contribution in [0.1, 0.15) is 48.4 Å². The molecule has 0 atom stereocenters. The van der Waals surface area contributed by atoms with E-state index in [9.17, 15) is 4.79 Å². The molecule has 0 aliphatic rings. The maximum absolute atomic E-state index is 10.8. The Morgan fingerprint density at radius 3 is 2.12 bits per heavy atom. The zero-order valence-corrected chi connectivity index (χ0v) is 10.9. The predicted octanol–water partition coefficient (Wildman–Crippen LogP) is 3.91. The Balaban J connectivity index is 2.57. The van der Waals surface area contributed by atoms with Crippen molar-refractivity contribution < 1.29 is 4.79 Å². The second-order valence-electron chi connectivity index (χ2n) is 4.79. The van der Waals surface area contributed by atoms with Gasteiger partial charge < -0.3 is 4.79 Å². The van der Waals surface area contributed by atoms with Crippen molar-refractivity contribution in [1.82, 2.24) is 0 Å². The molecule has 0 saturated carbocycles. The van der Waals surface area contributed by atoms with E-state index in [0.29, 0.717) is 5.78 Å². The molecule has 1 rings (SSSR count). The molecular weight excluding hydrogens is 196 g/mol. The summed E-state index contributed by atoms with van der Waals surface area (Å²) in [7, 11) is 0. The normalized spacial score (nSPS) is 10.5. The van der Waals surface area contributed by atoms with E-state index >= 15 is 0 Å². The summed E-state index contributed by atoms with van der Waals surface area (Å²) in [6.07, 6.45) is 3.96. The SMILES string of the molecule is CC(=O)CCCCc1c(C)cc(C)cc1C. The number of carbonyl (C=O) groups excluding carboxylic acids is 1. The van der Waals surface area contributed by atoms with Gasteiger partial charge in [-0.1, -0.05) is 17.7 Å². The lowest BCUT2D eigenvalue weighted by molar-refractivity contribution is -0.117. The summed E-state index contributed by atoms with van der Waals surface area (Å²) in [4.78, 5) is 10.8. The van der Waals surface area contributed by atoms with Gasteiger partial charge in [0, 0.05) is 6.42 Å². The van der Waals surface area contributed by atoms with Crippen LogP contribution in [0, 0.1) is 20.8 Å². The van der Waals surface area contributed by atoms with E-state index in [4.69, 9.17) is 0 Å². The number of benzene rings is 1. The number of ketones is 1. The first-order chi connectivity index (χ1) is 7.50. The molecule has 0 amide bonds. The molecule has 0 saturated heterocycles. The van der Waals surface area contributed by atoms with Gasteiger partial charge in [0.15, 0.2) is 0 Å². The Morgan fingerprint density at radius 2 is 1.62 bits per heavy atom. The second-order valence-corrected chi connectivity index (χ2v) is 4.79. The van der Waals surface area contributed by atoms with Crippen LogP contribution in [-0.2, 0) is 11.2 Å². The van der Waals surface area contributed by atoms with Gasteiger partial charge in [-0.15, -0.1) is 0 Å². The van der Waals surface area contributed by atoms with Crippen molar-refractivity contribution in [3.05, 3.63) is 34.4 Å². The predicted molar refractivity (Wildman–Crippen MR) is 68.9 cm³/mol. The number of hydrogen-bond acceptors (Lipinski definition) is 1. The molecule has 1 heteroatoms. The van der Waals surface area contributed by atoms with Crippen LogP contribution >= 0.6 is 0 Å². The fraction of sp³-hybridized carbons (Fsp3) is 0.533. The summed E-state index contributed by atoms with van der Waals surface area (Å²) >= 11 is 0.